The van der Waals surface area contributed by atoms with Crippen molar-refractivity contribution < 1.29 is 0 Å². The Balaban J connectivity index is 3.50. The lowest BCUT2D eigenvalue weighted by Gasteiger charge is -1.88. The lowest BCUT2D eigenvalue weighted by molar-refractivity contribution is 1.26. The highest BCUT2D eigenvalue weighted by molar-refractivity contribution is 5.61. The Morgan fingerprint density at radius 1 is 1.67 bits per heavy atom. The van der Waals surface area contributed by atoms with Gasteiger partial charge < -0.3 is 0 Å². The molecule has 0 heterocycles. The molecule has 0 radical (unpaired) electrons. The molecule has 50 valence electrons. The smallest absolute Gasteiger partial charge is 0.0192 e. The summed E-state index contributed by atoms with van der Waals surface area (Å²) in [6.45, 7) is 7.57. The molecule has 0 N–H and O–H groups in total. The molecule has 0 aliphatic carbocycles. The minimum atomic E-state index is 0.933. The third kappa shape index (κ3) is 5.01. The van der Waals surface area contributed by atoms with E-state index in [1.165, 1.54) is 5.57 Å². The Bertz CT molecular complexity index is 132. The van der Waals surface area contributed by atoms with E-state index in [1.807, 2.05) is 13.1 Å². The van der Waals surface area contributed by atoms with Crippen LogP contribution in [0.2, 0.25) is 0 Å². The summed E-state index contributed by atoms with van der Waals surface area (Å²) in [5, 5.41) is 0. The van der Waals surface area contributed by atoms with Crippen LogP contribution in [0.1, 0.15) is 20.3 Å². The van der Waals surface area contributed by atoms with Crippen LogP contribution in [-0.2, 0) is 0 Å². The summed E-state index contributed by atoms with van der Waals surface area (Å²) in [5.41, 5.74) is 1.33. The largest absolute Gasteiger partial charge is 0.269 e. The number of hydrogen-bond donors (Lipinski definition) is 0. The van der Waals surface area contributed by atoms with Crippen molar-refractivity contribution in [1.29, 1.82) is 0 Å². The van der Waals surface area contributed by atoms with Crippen molar-refractivity contribution in [1.82, 2.24) is 0 Å². The minimum Gasteiger partial charge on any atom is -0.269 e. The van der Waals surface area contributed by atoms with Crippen molar-refractivity contribution in [3.05, 3.63) is 24.4 Å². The molecule has 0 unspecified atom stereocenters. The maximum Gasteiger partial charge on any atom is 0.0192 e. The van der Waals surface area contributed by atoms with Gasteiger partial charge in [0.05, 0.1) is 0 Å². The first-order valence-corrected chi connectivity index (χ1v) is 3.05. The van der Waals surface area contributed by atoms with Gasteiger partial charge in [-0.25, -0.2) is 0 Å². The van der Waals surface area contributed by atoms with Gasteiger partial charge in [-0.2, -0.15) is 0 Å². The Labute approximate surface area is 56.8 Å². The molecule has 1 nitrogen and oxygen atoms in total. The molecule has 0 atom stereocenters. The molecule has 0 aliphatic heterocycles. The summed E-state index contributed by atoms with van der Waals surface area (Å²) >= 11 is 0. The monoisotopic (exact) mass is 123 g/mol. The fourth-order valence-electron chi connectivity index (χ4n) is 0.389. The molecule has 0 aromatic rings. The molecule has 0 aliphatic rings. The molecule has 0 saturated heterocycles. The van der Waals surface area contributed by atoms with Gasteiger partial charge in [-0.15, -0.1) is 0 Å². The molecular formula is C8H13N. The van der Waals surface area contributed by atoms with Crippen LogP contribution in [0.15, 0.2) is 29.4 Å². The first-order chi connectivity index (χ1) is 4.31. The van der Waals surface area contributed by atoms with Crippen LogP contribution in [0, 0.1) is 0 Å². The lowest BCUT2D eigenvalue weighted by Crippen LogP contribution is -1.75. The van der Waals surface area contributed by atoms with Crippen molar-refractivity contribution in [3.8, 4) is 0 Å². The van der Waals surface area contributed by atoms with Crippen molar-refractivity contribution in [2.45, 2.75) is 20.3 Å². The van der Waals surface area contributed by atoms with Crippen molar-refractivity contribution in [2.24, 2.45) is 4.99 Å². The number of hydrogen-bond acceptors (Lipinski definition) is 1. The summed E-state index contributed by atoms with van der Waals surface area (Å²) in [5.74, 6) is 0. The van der Waals surface area contributed by atoms with Crippen LogP contribution in [0.5, 0.6) is 0 Å². The first-order valence-electron chi connectivity index (χ1n) is 3.05. The molecule has 0 bridgehead atoms. The number of allylic oxidation sites excluding steroid dienone is 2. The fourth-order valence-corrected chi connectivity index (χ4v) is 0.389. The lowest BCUT2D eigenvalue weighted by atomic mass is 10.2. The summed E-state index contributed by atoms with van der Waals surface area (Å²) in [4.78, 5) is 3.86. The Hall–Kier alpha value is -0.850. The van der Waals surface area contributed by atoms with Gasteiger partial charge in [0.2, 0.25) is 0 Å². The maximum atomic E-state index is 3.86. The van der Waals surface area contributed by atoms with Gasteiger partial charge >= 0.3 is 0 Å². The van der Waals surface area contributed by atoms with Crippen molar-refractivity contribution >= 4 is 6.21 Å². The zero-order valence-corrected chi connectivity index (χ0v) is 6.09. The molecule has 0 aromatic carbocycles. The van der Waals surface area contributed by atoms with Crippen LogP contribution in [-0.4, -0.2) is 6.21 Å². The van der Waals surface area contributed by atoms with Gasteiger partial charge in [-0.1, -0.05) is 18.2 Å². The Morgan fingerprint density at radius 2 is 2.33 bits per heavy atom. The highest BCUT2D eigenvalue weighted by Gasteiger charge is 1.79. The number of nitrogens with zero attached hydrogens (tertiary/aromatic N) is 1. The molecule has 0 fully saturated rings. The Morgan fingerprint density at radius 3 is 2.78 bits per heavy atom. The van der Waals surface area contributed by atoms with E-state index < -0.39 is 0 Å². The zero-order chi connectivity index (χ0) is 7.11. The summed E-state index contributed by atoms with van der Waals surface area (Å²) < 4.78 is 0. The van der Waals surface area contributed by atoms with Gasteiger partial charge in [0, 0.05) is 18.8 Å². The van der Waals surface area contributed by atoms with Gasteiger partial charge in [0.1, 0.15) is 0 Å². The second kappa shape index (κ2) is 5.29. The van der Waals surface area contributed by atoms with E-state index in [4.69, 9.17) is 0 Å². The quantitative estimate of drug-likeness (QED) is 0.404. The van der Waals surface area contributed by atoms with Crippen LogP contribution >= 0.6 is 0 Å². The zero-order valence-electron chi connectivity index (χ0n) is 6.09. The van der Waals surface area contributed by atoms with E-state index in [1.54, 1.807) is 6.20 Å². The summed E-state index contributed by atoms with van der Waals surface area (Å²) in [7, 11) is 0. The average molecular weight is 123 g/mol. The maximum absolute atomic E-state index is 3.86. The van der Waals surface area contributed by atoms with E-state index in [0.717, 1.165) is 6.42 Å². The average Bonchev–Trinajstić information content (AvgIpc) is 1.89. The molecule has 1 heteroatoms. The fraction of sp³-hybridized carbons (Fsp3) is 0.375. The second-order valence-corrected chi connectivity index (χ2v) is 1.85. The van der Waals surface area contributed by atoms with Gasteiger partial charge in [0.25, 0.3) is 0 Å². The van der Waals surface area contributed by atoms with Crippen LogP contribution < -0.4 is 0 Å². The van der Waals surface area contributed by atoms with E-state index in [2.05, 4.69) is 24.6 Å². The van der Waals surface area contributed by atoms with Crippen molar-refractivity contribution in [2.75, 3.05) is 0 Å². The molecule has 0 spiro atoms. The predicted molar refractivity (Wildman–Crippen MR) is 42.7 cm³/mol. The Kier molecular flexibility index (Phi) is 4.79. The van der Waals surface area contributed by atoms with Gasteiger partial charge in [0.15, 0.2) is 0 Å². The van der Waals surface area contributed by atoms with Crippen LogP contribution in [0.25, 0.3) is 0 Å². The SMILES string of the molecule is C=CN=CC/C(C)=C\C. The highest BCUT2D eigenvalue weighted by Crippen LogP contribution is 1.94. The van der Waals surface area contributed by atoms with Crippen molar-refractivity contribution in [3.63, 3.8) is 0 Å². The molecule has 0 aromatic heterocycles. The van der Waals surface area contributed by atoms with Crippen LogP contribution in [0.3, 0.4) is 0 Å². The summed E-state index contributed by atoms with van der Waals surface area (Å²) in [6, 6.07) is 0. The van der Waals surface area contributed by atoms with E-state index in [9.17, 15) is 0 Å². The van der Waals surface area contributed by atoms with Gasteiger partial charge in [-0.05, 0) is 13.8 Å². The molecule has 0 amide bonds. The predicted octanol–water partition coefficient (Wildman–Crippen LogP) is 2.56. The summed E-state index contributed by atoms with van der Waals surface area (Å²) in [6.07, 6.45) is 6.41. The highest BCUT2D eigenvalue weighted by atomic mass is 14.6. The number of aliphatic imine (C=N–C) groups is 1. The minimum absolute atomic E-state index is 0.933. The third-order valence-corrected chi connectivity index (χ3v) is 1.12. The van der Waals surface area contributed by atoms with Crippen LogP contribution in [0.4, 0.5) is 0 Å². The van der Waals surface area contributed by atoms with E-state index >= 15 is 0 Å². The number of rotatable bonds is 3. The molecule has 9 heavy (non-hydrogen) atoms. The third-order valence-electron chi connectivity index (χ3n) is 1.12. The molecular weight excluding hydrogens is 110 g/mol. The standard InChI is InChI=1S/C8H13N/c1-4-8(3)6-7-9-5-2/h4-5,7H,2,6H2,1,3H3/b8-4-,9-7?. The molecule has 0 rings (SSSR count). The second-order valence-electron chi connectivity index (χ2n) is 1.85. The first kappa shape index (κ1) is 8.15. The van der Waals surface area contributed by atoms with E-state index in [0.29, 0.717) is 0 Å². The van der Waals surface area contributed by atoms with Gasteiger partial charge in [-0.3, -0.25) is 4.99 Å². The normalized spacial score (nSPS) is 12.4. The van der Waals surface area contributed by atoms with E-state index in [-0.39, 0.29) is 0 Å². The molecule has 0 saturated carbocycles. The topological polar surface area (TPSA) is 12.4 Å².